The maximum Gasteiger partial charge on any atom is 0.251 e. The number of amides is 2. The minimum absolute atomic E-state index is 0. The van der Waals surface area contributed by atoms with E-state index in [1.807, 2.05) is 19.1 Å². The molecule has 0 saturated heterocycles. The Morgan fingerprint density at radius 1 is 1.09 bits per heavy atom. The highest BCUT2D eigenvalue weighted by Crippen LogP contribution is 2.27. The first kappa shape index (κ1) is 18.5. The molecule has 1 fully saturated rings. The van der Waals surface area contributed by atoms with E-state index < -0.39 is 0 Å². The minimum Gasteiger partial charge on any atom is -0.353 e. The maximum absolute atomic E-state index is 11.8. The first-order valence-electron chi connectivity index (χ1n) is 7.47. The van der Waals surface area contributed by atoms with Gasteiger partial charge in [0.2, 0.25) is 5.91 Å². The quantitative estimate of drug-likeness (QED) is 0.630. The van der Waals surface area contributed by atoms with Crippen molar-refractivity contribution in [2.45, 2.75) is 19.8 Å². The van der Waals surface area contributed by atoms with Gasteiger partial charge in [-0.2, -0.15) is 0 Å². The molecule has 2 rings (SSSR count). The van der Waals surface area contributed by atoms with Gasteiger partial charge in [-0.25, -0.2) is 0 Å². The van der Waals surface area contributed by atoms with Gasteiger partial charge in [-0.3, -0.25) is 9.59 Å². The zero-order valence-corrected chi connectivity index (χ0v) is 13.7. The lowest BCUT2D eigenvalue weighted by Gasteiger charge is -2.08. The van der Waals surface area contributed by atoms with E-state index in [4.69, 9.17) is 0 Å². The van der Waals surface area contributed by atoms with E-state index in [9.17, 15) is 9.59 Å². The van der Waals surface area contributed by atoms with Crippen molar-refractivity contribution >= 4 is 24.2 Å². The number of benzene rings is 1. The van der Waals surface area contributed by atoms with Gasteiger partial charge in [-0.05, 0) is 44.4 Å². The van der Waals surface area contributed by atoms with Crippen LogP contribution in [0.1, 0.15) is 28.8 Å². The molecule has 22 heavy (non-hydrogen) atoms. The predicted molar refractivity (Wildman–Crippen MR) is 89.4 cm³/mol. The molecule has 6 heteroatoms. The summed E-state index contributed by atoms with van der Waals surface area (Å²) < 4.78 is 0. The Labute approximate surface area is 137 Å². The lowest BCUT2D eigenvalue weighted by Crippen LogP contribution is -2.39. The lowest BCUT2D eigenvalue weighted by atomic mass is 10.1. The van der Waals surface area contributed by atoms with Gasteiger partial charge in [0.05, 0.1) is 6.54 Å². The molecule has 122 valence electrons. The summed E-state index contributed by atoms with van der Waals surface area (Å²) in [5.41, 5.74) is 1.76. The van der Waals surface area contributed by atoms with Gasteiger partial charge in [0.25, 0.3) is 5.91 Å². The number of nitrogens with one attached hydrogen (secondary N) is 3. The molecule has 3 N–H and O–H groups in total. The second kappa shape index (κ2) is 9.43. The zero-order valence-electron chi connectivity index (χ0n) is 12.9. The molecule has 1 saturated carbocycles. The Bertz CT molecular complexity index is 487. The normalized spacial score (nSPS) is 13.1. The average molecular weight is 326 g/mol. The third kappa shape index (κ3) is 6.91. The van der Waals surface area contributed by atoms with Crippen LogP contribution in [0.2, 0.25) is 0 Å². The molecule has 0 spiro atoms. The van der Waals surface area contributed by atoms with Crippen LogP contribution in [0.25, 0.3) is 0 Å². The molecule has 1 aromatic rings. The highest BCUT2D eigenvalue weighted by molar-refractivity contribution is 5.94. The number of rotatable bonds is 8. The summed E-state index contributed by atoms with van der Waals surface area (Å²) in [4.78, 5) is 23.3. The van der Waals surface area contributed by atoms with Gasteiger partial charge in [-0.1, -0.05) is 17.7 Å². The Morgan fingerprint density at radius 2 is 1.73 bits per heavy atom. The Balaban J connectivity index is 0.00000242. The van der Waals surface area contributed by atoms with E-state index in [2.05, 4.69) is 16.0 Å². The Hall–Kier alpha value is -1.59. The van der Waals surface area contributed by atoms with Crippen molar-refractivity contribution in [1.29, 1.82) is 0 Å². The minimum atomic E-state index is -0.115. The van der Waals surface area contributed by atoms with Crippen LogP contribution in [0.4, 0.5) is 0 Å². The SMILES string of the molecule is Cc1ccc(C(=O)NCCNC(=O)CNCC2CC2)cc1.Cl. The van der Waals surface area contributed by atoms with E-state index in [0.717, 1.165) is 18.0 Å². The van der Waals surface area contributed by atoms with Crippen LogP contribution in [0.5, 0.6) is 0 Å². The van der Waals surface area contributed by atoms with Crippen molar-refractivity contribution in [2.75, 3.05) is 26.2 Å². The van der Waals surface area contributed by atoms with Gasteiger partial charge in [0.15, 0.2) is 0 Å². The fourth-order valence-corrected chi connectivity index (χ4v) is 1.96. The number of hydrogen-bond donors (Lipinski definition) is 3. The second-order valence-corrected chi connectivity index (χ2v) is 5.55. The molecule has 0 bridgehead atoms. The van der Waals surface area contributed by atoms with Gasteiger partial charge in [0, 0.05) is 18.7 Å². The molecule has 0 atom stereocenters. The number of carbonyl (C=O) groups excluding carboxylic acids is 2. The van der Waals surface area contributed by atoms with Crippen LogP contribution < -0.4 is 16.0 Å². The number of hydrogen-bond acceptors (Lipinski definition) is 3. The van der Waals surface area contributed by atoms with Gasteiger partial charge in [0.1, 0.15) is 0 Å². The average Bonchev–Trinajstić information content (AvgIpc) is 3.28. The van der Waals surface area contributed by atoms with Crippen molar-refractivity contribution in [3.63, 3.8) is 0 Å². The van der Waals surface area contributed by atoms with Crippen LogP contribution in [-0.4, -0.2) is 38.0 Å². The van der Waals surface area contributed by atoms with Gasteiger partial charge in [-0.15, -0.1) is 12.4 Å². The third-order valence-corrected chi connectivity index (χ3v) is 3.46. The largest absolute Gasteiger partial charge is 0.353 e. The van der Waals surface area contributed by atoms with E-state index >= 15 is 0 Å². The summed E-state index contributed by atoms with van der Waals surface area (Å²) in [6.45, 7) is 4.14. The summed E-state index contributed by atoms with van der Waals surface area (Å²) >= 11 is 0. The predicted octanol–water partition coefficient (Wildman–Crippen LogP) is 1.26. The molecule has 0 aromatic heterocycles. The molecule has 5 nitrogen and oxygen atoms in total. The second-order valence-electron chi connectivity index (χ2n) is 5.55. The summed E-state index contributed by atoms with van der Waals surface area (Å²) in [7, 11) is 0. The van der Waals surface area contributed by atoms with Gasteiger partial charge < -0.3 is 16.0 Å². The maximum atomic E-state index is 11.8. The molecular formula is C16H24ClN3O2. The molecule has 0 aliphatic heterocycles. The molecule has 0 radical (unpaired) electrons. The summed E-state index contributed by atoms with van der Waals surface area (Å²) in [6.07, 6.45) is 2.55. The third-order valence-electron chi connectivity index (χ3n) is 3.46. The summed E-state index contributed by atoms with van der Waals surface area (Å²) in [6, 6.07) is 7.40. The molecule has 2 amide bonds. The number of carbonyl (C=O) groups is 2. The fourth-order valence-electron chi connectivity index (χ4n) is 1.96. The van der Waals surface area contributed by atoms with Crippen molar-refractivity contribution in [3.05, 3.63) is 35.4 Å². The number of halogens is 1. The van der Waals surface area contributed by atoms with Crippen LogP contribution in [0.3, 0.4) is 0 Å². The van der Waals surface area contributed by atoms with Crippen LogP contribution >= 0.6 is 12.4 Å². The molecule has 0 heterocycles. The van der Waals surface area contributed by atoms with Crippen molar-refractivity contribution in [3.8, 4) is 0 Å². The summed E-state index contributed by atoms with van der Waals surface area (Å²) in [5, 5.41) is 8.69. The fraction of sp³-hybridized carbons (Fsp3) is 0.500. The van der Waals surface area contributed by atoms with Crippen LogP contribution in [0.15, 0.2) is 24.3 Å². The Morgan fingerprint density at radius 3 is 2.36 bits per heavy atom. The van der Waals surface area contributed by atoms with E-state index in [-0.39, 0.29) is 24.2 Å². The lowest BCUT2D eigenvalue weighted by molar-refractivity contribution is -0.120. The van der Waals surface area contributed by atoms with E-state index in [1.165, 1.54) is 12.8 Å². The first-order valence-corrected chi connectivity index (χ1v) is 7.47. The highest BCUT2D eigenvalue weighted by Gasteiger charge is 2.20. The Kier molecular flexibility index (Phi) is 7.91. The standard InChI is InChI=1S/C16H23N3O2.ClH/c1-12-2-6-14(7-3-12)16(21)19-9-8-18-15(20)11-17-10-13-4-5-13;/h2-3,6-7,13,17H,4-5,8-11H2,1H3,(H,18,20)(H,19,21);1H. The molecule has 1 aromatic carbocycles. The van der Waals surface area contributed by atoms with E-state index in [1.54, 1.807) is 12.1 Å². The molecule has 1 aliphatic rings. The number of aryl methyl sites for hydroxylation is 1. The smallest absolute Gasteiger partial charge is 0.251 e. The van der Waals surface area contributed by atoms with Crippen molar-refractivity contribution in [2.24, 2.45) is 5.92 Å². The molecule has 0 unspecified atom stereocenters. The van der Waals surface area contributed by atoms with Crippen molar-refractivity contribution in [1.82, 2.24) is 16.0 Å². The molecular weight excluding hydrogens is 302 g/mol. The van der Waals surface area contributed by atoms with Crippen molar-refractivity contribution < 1.29 is 9.59 Å². The first-order chi connectivity index (χ1) is 10.1. The monoisotopic (exact) mass is 325 g/mol. The van der Waals surface area contributed by atoms with Crippen LogP contribution in [0, 0.1) is 12.8 Å². The van der Waals surface area contributed by atoms with E-state index in [0.29, 0.717) is 25.2 Å². The van der Waals surface area contributed by atoms with Crippen LogP contribution in [-0.2, 0) is 4.79 Å². The highest BCUT2D eigenvalue weighted by atomic mass is 35.5. The van der Waals surface area contributed by atoms with Gasteiger partial charge >= 0.3 is 0 Å². The topological polar surface area (TPSA) is 70.2 Å². The summed E-state index contributed by atoms with van der Waals surface area (Å²) in [5.74, 6) is 0.628. The molecule has 1 aliphatic carbocycles. The zero-order chi connectivity index (χ0) is 15.1.